The molecule has 1 saturated carbocycles. The lowest BCUT2D eigenvalue weighted by Gasteiger charge is -2.38. The minimum absolute atomic E-state index is 0.00156. The van der Waals surface area contributed by atoms with Crippen molar-refractivity contribution in [3.05, 3.63) is 0 Å². The smallest absolute Gasteiger partial charge is 0.304 e. The fourth-order valence-electron chi connectivity index (χ4n) is 3.61. The van der Waals surface area contributed by atoms with Crippen molar-refractivity contribution in [2.24, 2.45) is 11.8 Å². The molecule has 20 heavy (non-hydrogen) atoms. The molecule has 5 nitrogen and oxygen atoms in total. The van der Waals surface area contributed by atoms with E-state index in [1.807, 2.05) is 0 Å². The molecule has 2 fully saturated rings. The zero-order valence-corrected chi connectivity index (χ0v) is 12.9. The van der Waals surface area contributed by atoms with Crippen LogP contribution in [0.3, 0.4) is 0 Å². The van der Waals surface area contributed by atoms with E-state index in [0.29, 0.717) is 12.5 Å². The van der Waals surface area contributed by atoms with Gasteiger partial charge in [-0.25, -0.2) is 8.42 Å². The number of nitrogens with zero attached hydrogens (tertiary/aromatic N) is 1. The van der Waals surface area contributed by atoms with Crippen molar-refractivity contribution in [1.82, 2.24) is 4.90 Å². The Morgan fingerprint density at radius 3 is 2.75 bits per heavy atom. The number of rotatable bonds is 4. The summed E-state index contributed by atoms with van der Waals surface area (Å²) in [5, 5.41) is 8.98. The van der Waals surface area contributed by atoms with E-state index >= 15 is 0 Å². The van der Waals surface area contributed by atoms with Gasteiger partial charge in [0.25, 0.3) is 0 Å². The maximum Gasteiger partial charge on any atom is 0.304 e. The van der Waals surface area contributed by atoms with Crippen molar-refractivity contribution in [3.63, 3.8) is 0 Å². The van der Waals surface area contributed by atoms with Gasteiger partial charge in [0.05, 0.1) is 17.9 Å². The molecule has 0 aromatic carbocycles. The molecule has 1 heterocycles. The monoisotopic (exact) mass is 303 g/mol. The Balaban J connectivity index is 1.98. The first-order valence-electron chi connectivity index (χ1n) is 7.52. The van der Waals surface area contributed by atoms with Crippen LogP contribution in [0.25, 0.3) is 0 Å². The van der Waals surface area contributed by atoms with Gasteiger partial charge < -0.3 is 5.11 Å². The normalized spacial score (nSPS) is 34.8. The number of carboxylic acids is 1. The summed E-state index contributed by atoms with van der Waals surface area (Å²) in [6, 6.07) is -0.344. The standard InChI is InChI=1S/C14H25NO4S/c1-11-3-2-4-12(7-11)9-15-5-6-20(18,19)10-13(15)8-14(16)17/h11-13H,2-10H2,1H3,(H,16,17). The molecule has 2 aliphatic rings. The van der Waals surface area contributed by atoms with E-state index < -0.39 is 15.8 Å². The van der Waals surface area contributed by atoms with Crippen LogP contribution in [0, 0.1) is 11.8 Å². The van der Waals surface area contributed by atoms with Crippen LogP contribution in [-0.2, 0) is 14.6 Å². The highest BCUT2D eigenvalue weighted by atomic mass is 32.2. The topological polar surface area (TPSA) is 74.7 Å². The Kier molecular flexibility index (Phi) is 5.07. The lowest BCUT2D eigenvalue weighted by atomic mass is 9.82. The van der Waals surface area contributed by atoms with Crippen molar-refractivity contribution in [2.45, 2.75) is 45.1 Å². The van der Waals surface area contributed by atoms with E-state index in [0.717, 1.165) is 12.5 Å². The SMILES string of the molecule is CC1CCCC(CN2CCS(=O)(=O)CC2CC(=O)O)C1. The Morgan fingerprint density at radius 2 is 2.10 bits per heavy atom. The predicted octanol–water partition coefficient (Wildman–Crippen LogP) is 1.39. The minimum atomic E-state index is -3.07. The predicted molar refractivity (Wildman–Crippen MR) is 77.4 cm³/mol. The summed E-state index contributed by atoms with van der Waals surface area (Å²) in [6.45, 7) is 3.62. The van der Waals surface area contributed by atoms with Crippen LogP contribution in [0.5, 0.6) is 0 Å². The number of sulfone groups is 1. The molecule has 1 N–H and O–H groups in total. The van der Waals surface area contributed by atoms with Crippen LogP contribution >= 0.6 is 0 Å². The summed E-state index contributed by atoms with van der Waals surface area (Å²) < 4.78 is 23.4. The van der Waals surface area contributed by atoms with Gasteiger partial charge in [0.15, 0.2) is 9.84 Å². The summed E-state index contributed by atoms with van der Waals surface area (Å²) in [5.41, 5.74) is 0. The molecule has 0 aromatic rings. The zero-order valence-electron chi connectivity index (χ0n) is 12.1. The van der Waals surface area contributed by atoms with Gasteiger partial charge in [0.1, 0.15) is 0 Å². The molecule has 1 aliphatic carbocycles. The fourth-order valence-corrected chi connectivity index (χ4v) is 5.20. The van der Waals surface area contributed by atoms with Gasteiger partial charge in [-0.05, 0) is 24.7 Å². The number of hydrogen-bond donors (Lipinski definition) is 1. The average molecular weight is 303 g/mol. The average Bonchev–Trinajstić information content (AvgIpc) is 2.31. The van der Waals surface area contributed by atoms with Crippen molar-refractivity contribution in [2.75, 3.05) is 24.6 Å². The Bertz CT molecular complexity index is 448. The van der Waals surface area contributed by atoms with Gasteiger partial charge in [-0.1, -0.05) is 19.8 Å². The first-order chi connectivity index (χ1) is 9.35. The third-order valence-corrected chi connectivity index (χ3v) is 6.30. The second kappa shape index (κ2) is 6.43. The van der Waals surface area contributed by atoms with Crippen molar-refractivity contribution in [1.29, 1.82) is 0 Å². The molecule has 116 valence electrons. The molecule has 1 aliphatic heterocycles. The maximum atomic E-state index is 11.7. The molecule has 0 bridgehead atoms. The lowest BCUT2D eigenvalue weighted by Crippen LogP contribution is -2.51. The summed E-state index contributed by atoms with van der Waals surface area (Å²) in [5.74, 6) is 0.595. The molecule has 0 spiro atoms. The highest BCUT2D eigenvalue weighted by molar-refractivity contribution is 7.91. The molecule has 2 rings (SSSR count). The highest BCUT2D eigenvalue weighted by Crippen LogP contribution is 2.30. The van der Waals surface area contributed by atoms with Crippen molar-refractivity contribution < 1.29 is 18.3 Å². The molecule has 1 saturated heterocycles. The molecule has 3 atom stereocenters. The number of carbonyl (C=O) groups is 1. The van der Waals surface area contributed by atoms with Gasteiger partial charge in [-0.15, -0.1) is 0 Å². The maximum absolute atomic E-state index is 11.7. The van der Waals surface area contributed by atoms with Crippen LogP contribution in [0.4, 0.5) is 0 Å². The molecule has 0 radical (unpaired) electrons. The van der Waals surface area contributed by atoms with Crippen molar-refractivity contribution in [3.8, 4) is 0 Å². The number of carboxylic acid groups (broad SMARTS) is 1. The lowest BCUT2D eigenvalue weighted by molar-refractivity contribution is -0.138. The van der Waals surface area contributed by atoms with E-state index in [1.54, 1.807) is 0 Å². The van der Waals surface area contributed by atoms with E-state index in [1.165, 1.54) is 25.7 Å². The van der Waals surface area contributed by atoms with Gasteiger partial charge in [-0.2, -0.15) is 0 Å². The quantitative estimate of drug-likeness (QED) is 0.849. The van der Waals surface area contributed by atoms with Crippen LogP contribution in [0.15, 0.2) is 0 Å². The number of hydrogen-bond acceptors (Lipinski definition) is 4. The van der Waals surface area contributed by atoms with Crippen LogP contribution < -0.4 is 0 Å². The molecule has 3 unspecified atom stereocenters. The zero-order chi connectivity index (χ0) is 14.8. The van der Waals surface area contributed by atoms with E-state index in [2.05, 4.69) is 11.8 Å². The largest absolute Gasteiger partial charge is 0.481 e. The Morgan fingerprint density at radius 1 is 1.35 bits per heavy atom. The van der Waals surface area contributed by atoms with Crippen molar-refractivity contribution >= 4 is 15.8 Å². The molecule has 0 aromatic heterocycles. The molecule has 6 heteroatoms. The third kappa shape index (κ3) is 4.45. The molecular weight excluding hydrogens is 278 g/mol. The van der Waals surface area contributed by atoms with E-state index in [4.69, 9.17) is 5.11 Å². The first kappa shape index (κ1) is 15.8. The van der Waals surface area contributed by atoms with Crippen LogP contribution in [0.1, 0.15) is 39.0 Å². The van der Waals surface area contributed by atoms with Crippen LogP contribution in [-0.4, -0.2) is 55.0 Å². The fraction of sp³-hybridized carbons (Fsp3) is 0.929. The summed E-state index contributed by atoms with van der Waals surface area (Å²) in [6.07, 6.45) is 4.82. The summed E-state index contributed by atoms with van der Waals surface area (Å²) >= 11 is 0. The minimum Gasteiger partial charge on any atom is -0.481 e. The molecule has 0 amide bonds. The second-order valence-electron chi connectivity index (χ2n) is 6.50. The Labute approximate surface area is 121 Å². The summed E-state index contributed by atoms with van der Waals surface area (Å²) in [4.78, 5) is 13.1. The number of aliphatic carboxylic acids is 1. The summed E-state index contributed by atoms with van der Waals surface area (Å²) in [7, 11) is -3.07. The van der Waals surface area contributed by atoms with Gasteiger partial charge >= 0.3 is 5.97 Å². The van der Waals surface area contributed by atoms with Gasteiger partial charge in [0.2, 0.25) is 0 Å². The van der Waals surface area contributed by atoms with Gasteiger partial charge in [-0.3, -0.25) is 9.69 Å². The van der Waals surface area contributed by atoms with E-state index in [-0.39, 0.29) is 24.0 Å². The third-order valence-electron chi connectivity index (χ3n) is 4.60. The Hall–Kier alpha value is -0.620. The van der Waals surface area contributed by atoms with Gasteiger partial charge in [0, 0.05) is 19.1 Å². The van der Waals surface area contributed by atoms with Crippen LogP contribution in [0.2, 0.25) is 0 Å². The van der Waals surface area contributed by atoms with E-state index in [9.17, 15) is 13.2 Å². The first-order valence-corrected chi connectivity index (χ1v) is 9.34. The highest BCUT2D eigenvalue weighted by Gasteiger charge is 2.34. The molecular formula is C14H25NO4S. The second-order valence-corrected chi connectivity index (χ2v) is 8.73.